The summed E-state index contributed by atoms with van der Waals surface area (Å²) in [6.45, 7) is 1.54. The van der Waals surface area contributed by atoms with Gasteiger partial charge in [-0.05, 0) is 30.7 Å². The molecule has 0 saturated carbocycles. The van der Waals surface area contributed by atoms with Crippen molar-refractivity contribution < 1.29 is 17.9 Å². The SMILES string of the molecule is COC(=O)c1ccc(CS(=O)(=O)N(C)C2CCNC2)cc1. The third-order valence-electron chi connectivity index (χ3n) is 3.71. The van der Waals surface area contributed by atoms with Gasteiger partial charge in [0.15, 0.2) is 0 Å². The van der Waals surface area contributed by atoms with E-state index in [1.807, 2.05) is 0 Å². The van der Waals surface area contributed by atoms with E-state index in [0.717, 1.165) is 13.0 Å². The lowest BCUT2D eigenvalue weighted by Gasteiger charge is -2.23. The number of ether oxygens (including phenoxy) is 1. The predicted molar refractivity (Wildman–Crippen MR) is 79.4 cm³/mol. The summed E-state index contributed by atoms with van der Waals surface area (Å²) in [5, 5.41) is 3.16. The van der Waals surface area contributed by atoms with Gasteiger partial charge in [-0.2, -0.15) is 0 Å². The molecule has 7 heteroatoms. The van der Waals surface area contributed by atoms with Gasteiger partial charge >= 0.3 is 5.97 Å². The molecule has 0 bridgehead atoms. The molecule has 1 fully saturated rings. The second kappa shape index (κ2) is 6.55. The number of rotatable bonds is 5. The lowest BCUT2D eigenvalue weighted by Crippen LogP contribution is -2.38. The van der Waals surface area contributed by atoms with Crippen molar-refractivity contribution in [1.29, 1.82) is 0 Å². The Balaban J connectivity index is 2.07. The normalized spacial score (nSPS) is 18.9. The summed E-state index contributed by atoms with van der Waals surface area (Å²) < 4.78 is 30.8. The second-order valence-corrected chi connectivity index (χ2v) is 7.14. The number of hydrogen-bond acceptors (Lipinski definition) is 5. The van der Waals surface area contributed by atoms with Gasteiger partial charge < -0.3 is 10.1 Å². The van der Waals surface area contributed by atoms with Crippen molar-refractivity contribution in [1.82, 2.24) is 9.62 Å². The minimum absolute atomic E-state index is 0.0179. The Labute approximate surface area is 125 Å². The Morgan fingerprint density at radius 3 is 2.57 bits per heavy atom. The van der Waals surface area contributed by atoms with Crippen molar-refractivity contribution in [3.8, 4) is 0 Å². The van der Waals surface area contributed by atoms with Crippen molar-refractivity contribution in [3.63, 3.8) is 0 Å². The number of carbonyl (C=O) groups is 1. The fourth-order valence-electron chi connectivity index (χ4n) is 2.34. The van der Waals surface area contributed by atoms with E-state index in [1.165, 1.54) is 11.4 Å². The van der Waals surface area contributed by atoms with Gasteiger partial charge in [0.25, 0.3) is 0 Å². The highest BCUT2D eigenvalue weighted by Gasteiger charge is 2.28. The molecule has 0 amide bonds. The van der Waals surface area contributed by atoms with Gasteiger partial charge in [-0.3, -0.25) is 0 Å². The van der Waals surface area contributed by atoms with Crippen LogP contribution >= 0.6 is 0 Å². The molecular weight excluding hydrogens is 292 g/mol. The van der Waals surface area contributed by atoms with Crippen LogP contribution in [0.1, 0.15) is 22.3 Å². The molecule has 0 aliphatic carbocycles. The monoisotopic (exact) mass is 312 g/mol. The van der Waals surface area contributed by atoms with E-state index in [4.69, 9.17) is 0 Å². The zero-order valence-electron chi connectivity index (χ0n) is 12.2. The van der Waals surface area contributed by atoms with Gasteiger partial charge in [0, 0.05) is 19.6 Å². The first-order valence-corrected chi connectivity index (χ1v) is 8.38. The van der Waals surface area contributed by atoms with Crippen LogP contribution in [0.3, 0.4) is 0 Å². The maximum atomic E-state index is 12.4. The highest BCUT2D eigenvalue weighted by molar-refractivity contribution is 7.88. The lowest BCUT2D eigenvalue weighted by atomic mass is 10.1. The summed E-state index contributed by atoms with van der Waals surface area (Å²) in [6, 6.07) is 6.46. The van der Waals surface area contributed by atoms with Gasteiger partial charge in [-0.15, -0.1) is 0 Å². The average molecular weight is 312 g/mol. The molecule has 116 valence electrons. The molecule has 1 heterocycles. The Morgan fingerprint density at radius 1 is 1.38 bits per heavy atom. The Hall–Kier alpha value is -1.44. The molecule has 6 nitrogen and oxygen atoms in total. The van der Waals surface area contributed by atoms with Crippen LogP contribution in [0.15, 0.2) is 24.3 Å². The maximum Gasteiger partial charge on any atom is 0.337 e. The predicted octanol–water partition coefficient (Wildman–Crippen LogP) is 0.597. The van der Waals surface area contributed by atoms with E-state index in [-0.39, 0.29) is 11.8 Å². The number of sulfonamides is 1. The first-order valence-electron chi connectivity index (χ1n) is 6.78. The van der Waals surface area contributed by atoms with Crippen LogP contribution in [0, 0.1) is 0 Å². The topological polar surface area (TPSA) is 75.7 Å². The highest BCUT2D eigenvalue weighted by Crippen LogP contribution is 2.16. The number of hydrogen-bond donors (Lipinski definition) is 1. The first kappa shape index (κ1) is 15.9. The van der Waals surface area contributed by atoms with Gasteiger partial charge in [-0.25, -0.2) is 17.5 Å². The molecular formula is C14H20N2O4S. The number of nitrogens with zero attached hydrogens (tertiary/aromatic N) is 1. The number of benzene rings is 1. The average Bonchev–Trinajstić information content (AvgIpc) is 3.00. The summed E-state index contributed by atoms with van der Waals surface area (Å²) in [5.74, 6) is -0.500. The largest absolute Gasteiger partial charge is 0.465 e. The molecule has 1 aliphatic heterocycles. The molecule has 21 heavy (non-hydrogen) atoms. The van der Waals surface area contributed by atoms with E-state index in [2.05, 4.69) is 10.1 Å². The molecule has 0 radical (unpaired) electrons. The Morgan fingerprint density at radius 2 is 2.05 bits per heavy atom. The van der Waals surface area contributed by atoms with Crippen LogP contribution in [0.4, 0.5) is 0 Å². The second-order valence-electron chi connectivity index (χ2n) is 5.11. The van der Waals surface area contributed by atoms with Gasteiger partial charge in [0.2, 0.25) is 10.0 Å². The summed E-state index contributed by atoms with van der Waals surface area (Å²) in [4.78, 5) is 11.3. The van der Waals surface area contributed by atoms with Crippen molar-refractivity contribution >= 4 is 16.0 Å². The minimum atomic E-state index is -3.36. The van der Waals surface area contributed by atoms with Crippen LogP contribution in [-0.2, 0) is 20.5 Å². The van der Waals surface area contributed by atoms with E-state index >= 15 is 0 Å². The van der Waals surface area contributed by atoms with Gasteiger partial charge in [0.1, 0.15) is 0 Å². The molecule has 1 aliphatic rings. The molecule has 1 aromatic rings. The van der Waals surface area contributed by atoms with Crippen LogP contribution in [0.25, 0.3) is 0 Å². The van der Waals surface area contributed by atoms with Crippen molar-refractivity contribution in [2.24, 2.45) is 0 Å². The van der Waals surface area contributed by atoms with Gasteiger partial charge in [-0.1, -0.05) is 12.1 Å². The fraction of sp³-hybridized carbons (Fsp3) is 0.500. The first-order chi connectivity index (χ1) is 9.94. The molecule has 0 aromatic heterocycles. The third-order valence-corrected chi connectivity index (χ3v) is 5.59. The smallest absolute Gasteiger partial charge is 0.337 e. The van der Waals surface area contributed by atoms with Crippen molar-refractivity contribution in [3.05, 3.63) is 35.4 Å². The van der Waals surface area contributed by atoms with E-state index < -0.39 is 16.0 Å². The number of nitrogens with one attached hydrogen (secondary N) is 1. The quantitative estimate of drug-likeness (QED) is 0.806. The minimum Gasteiger partial charge on any atom is -0.465 e. The van der Waals surface area contributed by atoms with Crippen LogP contribution in [0.5, 0.6) is 0 Å². The zero-order valence-corrected chi connectivity index (χ0v) is 13.0. The fourth-order valence-corrected chi connectivity index (χ4v) is 3.80. The molecule has 1 saturated heterocycles. The Bertz CT molecular complexity index is 592. The van der Waals surface area contributed by atoms with Crippen LogP contribution in [-0.4, -0.2) is 52.0 Å². The number of likely N-dealkylation sites (N-methyl/N-ethyl adjacent to an activating group) is 1. The zero-order chi connectivity index (χ0) is 15.5. The molecule has 0 spiro atoms. The van der Waals surface area contributed by atoms with Crippen molar-refractivity contribution in [2.75, 3.05) is 27.2 Å². The molecule has 1 atom stereocenters. The summed E-state index contributed by atoms with van der Waals surface area (Å²) in [7, 11) is -0.427. The Kier molecular flexibility index (Phi) is 4.97. The number of carbonyl (C=O) groups excluding carboxylic acids is 1. The van der Waals surface area contributed by atoms with Crippen LogP contribution in [0.2, 0.25) is 0 Å². The maximum absolute atomic E-state index is 12.4. The van der Waals surface area contributed by atoms with E-state index in [9.17, 15) is 13.2 Å². The molecule has 1 aromatic carbocycles. The summed E-state index contributed by atoms with van der Waals surface area (Å²) in [6.07, 6.45) is 0.830. The molecule has 1 N–H and O–H groups in total. The lowest BCUT2D eigenvalue weighted by molar-refractivity contribution is 0.0600. The third kappa shape index (κ3) is 3.81. The number of esters is 1. The number of methoxy groups -OCH3 is 1. The van der Waals surface area contributed by atoms with E-state index in [1.54, 1.807) is 31.3 Å². The molecule has 1 unspecified atom stereocenters. The highest BCUT2D eigenvalue weighted by atomic mass is 32.2. The van der Waals surface area contributed by atoms with Crippen LogP contribution < -0.4 is 5.32 Å². The summed E-state index contributed by atoms with van der Waals surface area (Å²) >= 11 is 0. The molecule has 2 rings (SSSR count). The standard InChI is InChI=1S/C14H20N2O4S/c1-16(13-7-8-15-9-13)21(18,19)10-11-3-5-12(6-4-11)14(17)20-2/h3-6,13,15H,7-10H2,1-2H3. The van der Waals surface area contributed by atoms with E-state index in [0.29, 0.717) is 17.7 Å². The van der Waals surface area contributed by atoms with Gasteiger partial charge in [0.05, 0.1) is 18.4 Å². The summed E-state index contributed by atoms with van der Waals surface area (Å²) in [5.41, 5.74) is 1.06. The van der Waals surface area contributed by atoms with Crippen molar-refractivity contribution in [2.45, 2.75) is 18.2 Å².